The molecule has 0 bridgehead atoms. The summed E-state index contributed by atoms with van der Waals surface area (Å²) in [5, 5.41) is 5.73. The standard InChI is InChI=1S/C25H35N3O3/c1-18(2)25(3,4)23(29)27-21-11-7-19(8-12-21)17-20-9-13-22(14-10-20)28-24(30)31-16-6-5-15-26/h7-14,18H,5-6,15-17,26H2,1-4H3,(H,27,29)(H,28,30). The van der Waals surface area contributed by atoms with Crippen molar-refractivity contribution < 1.29 is 14.3 Å². The fraction of sp³-hybridized carbons (Fsp3) is 0.440. The predicted molar refractivity (Wildman–Crippen MR) is 126 cm³/mol. The number of nitrogens with one attached hydrogen (secondary N) is 2. The van der Waals surface area contributed by atoms with E-state index in [-0.39, 0.29) is 11.8 Å². The lowest BCUT2D eigenvalue weighted by atomic mass is 9.80. The fourth-order valence-corrected chi connectivity index (χ4v) is 2.77. The number of nitrogens with two attached hydrogens (primary N) is 1. The van der Waals surface area contributed by atoms with Crippen molar-refractivity contribution in [1.82, 2.24) is 0 Å². The van der Waals surface area contributed by atoms with Gasteiger partial charge in [0, 0.05) is 16.8 Å². The molecule has 0 atom stereocenters. The highest BCUT2D eigenvalue weighted by Gasteiger charge is 2.31. The summed E-state index contributed by atoms with van der Waals surface area (Å²) in [6.07, 6.45) is 1.91. The summed E-state index contributed by atoms with van der Waals surface area (Å²) in [4.78, 5) is 24.3. The number of anilines is 2. The number of carbonyl (C=O) groups excluding carboxylic acids is 2. The van der Waals surface area contributed by atoms with Gasteiger partial charge < -0.3 is 15.8 Å². The fourth-order valence-electron chi connectivity index (χ4n) is 2.77. The molecule has 0 aromatic heterocycles. The Morgan fingerprint density at radius 1 is 0.903 bits per heavy atom. The lowest BCUT2D eigenvalue weighted by Gasteiger charge is -2.27. The zero-order valence-electron chi connectivity index (χ0n) is 19.0. The van der Waals surface area contributed by atoms with Gasteiger partial charge >= 0.3 is 6.09 Å². The maximum Gasteiger partial charge on any atom is 0.411 e. The van der Waals surface area contributed by atoms with E-state index in [9.17, 15) is 9.59 Å². The zero-order valence-corrected chi connectivity index (χ0v) is 19.0. The number of amides is 2. The Kier molecular flexibility index (Phi) is 9.06. The maximum absolute atomic E-state index is 12.5. The Balaban J connectivity index is 1.86. The number of rotatable bonds is 10. The smallest absolute Gasteiger partial charge is 0.411 e. The first kappa shape index (κ1) is 24.4. The molecule has 0 saturated heterocycles. The van der Waals surface area contributed by atoms with E-state index in [1.165, 1.54) is 0 Å². The highest BCUT2D eigenvalue weighted by atomic mass is 16.5. The molecule has 0 aliphatic carbocycles. The normalized spacial score (nSPS) is 11.3. The molecule has 0 saturated carbocycles. The van der Waals surface area contributed by atoms with Crippen LogP contribution in [-0.4, -0.2) is 25.2 Å². The summed E-state index contributed by atoms with van der Waals surface area (Å²) < 4.78 is 5.11. The minimum absolute atomic E-state index is 0.0243. The van der Waals surface area contributed by atoms with Crippen LogP contribution < -0.4 is 16.4 Å². The minimum atomic E-state index is -0.456. The third-order valence-corrected chi connectivity index (χ3v) is 5.68. The molecule has 2 aromatic carbocycles. The van der Waals surface area contributed by atoms with Crippen molar-refractivity contribution in [3.63, 3.8) is 0 Å². The third kappa shape index (κ3) is 7.72. The molecule has 4 N–H and O–H groups in total. The largest absolute Gasteiger partial charge is 0.449 e. The SMILES string of the molecule is CC(C)C(C)(C)C(=O)Nc1ccc(Cc2ccc(NC(=O)OCCCCN)cc2)cc1. The Morgan fingerprint density at radius 3 is 1.90 bits per heavy atom. The highest BCUT2D eigenvalue weighted by molar-refractivity contribution is 5.95. The van der Waals surface area contributed by atoms with Crippen LogP contribution in [0.3, 0.4) is 0 Å². The number of carbonyl (C=O) groups is 2. The lowest BCUT2D eigenvalue weighted by Crippen LogP contribution is -2.35. The van der Waals surface area contributed by atoms with Gasteiger partial charge in [-0.15, -0.1) is 0 Å². The monoisotopic (exact) mass is 425 g/mol. The van der Waals surface area contributed by atoms with Crippen molar-refractivity contribution in [1.29, 1.82) is 0 Å². The van der Waals surface area contributed by atoms with Crippen molar-refractivity contribution in [2.45, 2.75) is 47.0 Å². The predicted octanol–water partition coefficient (Wildman–Crippen LogP) is 5.19. The molecule has 168 valence electrons. The Labute approximate surface area is 185 Å². The zero-order chi connectivity index (χ0) is 22.9. The van der Waals surface area contributed by atoms with Gasteiger partial charge in [0.05, 0.1) is 6.61 Å². The number of ether oxygens (including phenoxy) is 1. The van der Waals surface area contributed by atoms with Gasteiger partial charge in [-0.3, -0.25) is 10.1 Å². The van der Waals surface area contributed by atoms with E-state index in [0.29, 0.717) is 18.8 Å². The molecule has 0 fully saturated rings. The average molecular weight is 426 g/mol. The van der Waals surface area contributed by atoms with E-state index in [1.807, 2.05) is 62.4 Å². The van der Waals surface area contributed by atoms with Gasteiger partial charge in [-0.25, -0.2) is 4.79 Å². The van der Waals surface area contributed by atoms with Crippen LogP contribution in [0.5, 0.6) is 0 Å². The summed E-state index contributed by atoms with van der Waals surface area (Å²) in [7, 11) is 0. The Hall–Kier alpha value is -2.86. The van der Waals surface area contributed by atoms with Gasteiger partial charge in [-0.05, 0) is 67.1 Å². The van der Waals surface area contributed by atoms with Crippen molar-refractivity contribution in [3.8, 4) is 0 Å². The third-order valence-electron chi connectivity index (χ3n) is 5.68. The molecule has 6 nitrogen and oxygen atoms in total. The highest BCUT2D eigenvalue weighted by Crippen LogP contribution is 2.28. The van der Waals surface area contributed by atoms with Gasteiger partial charge in [0.25, 0.3) is 0 Å². The van der Waals surface area contributed by atoms with Crippen LogP contribution in [0, 0.1) is 11.3 Å². The van der Waals surface area contributed by atoms with Gasteiger partial charge in [-0.2, -0.15) is 0 Å². The van der Waals surface area contributed by atoms with Crippen LogP contribution in [0.1, 0.15) is 51.7 Å². The van der Waals surface area contributed by atoms with Gasteiger partial charge in [0.1, 0.15) is 0 Å². The molecule has 0 spiro atoms. The van der Waals surface area contributed by atoms with Crippen LogP contribution in [-0.2, 0) is 16.0 Å². The van der Waals surface area contributed by atoms with Crippen LogP contribution in [0.15, 0.2) is 48.5 Å². The molecule has 0 heterocycles. The first-order valence-corrected chi connectivity index (χ1v) is 10.9. The molecule has 6 heteroatoms. The van der Waals surface area contributed by atoms with Gasteiger partial charge in [-0.1, -0.05) is 52.0 Å². The quantitative estimate of drug-likeness (QED) is 0.457. The van der Waals surface area contributed by atoms with E-state index in [2.05, 4.69) is 24.5 Å². The molecule has 31 heavy (non-hydrogen) atoms. The summed E-state index contributed by atoms with van der Waals surface area (Å²) in [5.74, 6) is 0.276. The summed E-state index contributed by atoms with van der Waals surface area (Å²) >= 11 is 0. The molecule has 0 aliphatic rings. The van der Waals surface area contributed by atoms with Crippen LogP contribution in [0.25, 0.3) is 0 Å². The van der Waals surface area contributed by atoms with Crippen LogP contribution in [0.4, 0.5) is 16.2 Å². The van der Waals surface area contributed by atoms with Crippen LogP contribution in [0.2, 0.25) is 0 Å². The summed E-state index contributed by atoms with van der Waals surface area (Å²) in [6.45, 7) is 8.99. The molecular formula is C25H35N3O3. The number of benzene rings is 2. The van der Waals surface area contributed by atoms with E-state index in [1.54, 1.807) is 0 Å². The summed E-state index contributed by atoms with van der Waals surface area (Å²) in [6, 6.07) is 15.6. The van der Waals surface area contributed by atoms with Crippen molar-refractivity contribution in [2.24, 2.45) is 17.1 Å². The molecule has 2 rings (SSSR count). The van der Waals surface area contributed by atoms with Crippen molar-refractivity contribution in [3.05, 3.63) is 59.7 Å². The lowest BCUT2D eigenvalue weighted by molar-refractivity contribution is -0.126. The van der Waals surface area contributed by atoms with Crippen LogP contribution >= 0.6 is 0 Å². The topological polar surface area (TPSA) is 93.5 Å². The second kappa shape index (κ2) is 11.5. The Bertz CT molecular complexity index is 843. The first-order valence-electron chi connectivity index (χ1n) is 10.9. The van der Waals surface area contributed by atoms with E-state index >= 15 is 0 Å². The molecule has 2 aromatic rings. The number of unbranched alkanes of at least 4 members (excludes halogenated alkanes) is 1. The Morgan fingerprint density at radius 2 is 1.42 bits per heavy atom. The second-order valence-corrected chi connectivity index (χ2v) is 8.66. The van der Waals surface area contributed by atoms with Gasteiger partial charge in [0.2, 0.25) is 5.91 Å². The minimum Gasteiger partial charge on any atom is -0.449 e. The first-order chi connectivity index (χ1) is 14.7. The van der Waals surface area contributed by atoms with E-state index in [4.69, 9.17) is 10.5 Å². The molecule has 0 radical (unpaired) electrons. The second-order valence-electron chi connectivity index (χ2n) is 8.66. The van der Waals surface area contributed by atoms with Crippen molar-refractivity contribution in [2.75, 3.05) is 23.8 Å². The molecular weight excluding hydrogens is 390 g/mol. The van der Waals surface area contributed by atoms with E-state index in [0.717, 1.165) is 36.1 Å². The number of hydrogen-bond donors (Lipinski definition) is 3. The molecule has 2 amide bonds. The van der Waals surface area contributed by atoms with Crippen molar-refractivity contribution >= 4 is 23.4 Å². The van der Waals surface area contributed by atoms with Gasteiger partial charge in [0.15, 0.2) is 0 Å². The average Bonchev–Trinajstić information content (AvgIpc) is 2.74. The molecule has 0 unspecified atom stereocenters. The number of hydrogen-bond acceptors (Lipinski definition) is 4. The maximum atomic E-state index is 12.5. The van der Waals surface area contributed by atoms with E-state index < -0.39 is 11.5 Å². The summed E-state index contributed by atoms with van der Waals surface area (Å²) in [5.41, 5.74) is 8.75. The molecule has 0 aliphatic heterocycles.